The molecule has 0 amide bonds. The first-order valence-electron chi connectivity index (χ1n) is 12.1. The molecule has 0 spiro atoms. The number of aromatic nitrogens is 2. The number of hydrogen-bond acceptors (Lipinski definition) is 8. The Labute approximate surface area is 218 Å². The number of ether oxygens (including phenoxy) is 5. The molecule has 0 aliphatic heterocycles. The van der Waals surface area contributed by atoms with Crippen molar-refractivity contribution in [3.05, 3.63) is 88.4 Å². The van der Waals surface area contributed by atoms with Crippen molar-refractivity contribution < 1.29 is 28.1 Å². The van der Waals surface area contributed by atoms with Crippen LogP contribution in [-0.2, 0) is 27.4 Å². The summed E-state index contributed by atoms with van der Waals surface area (Å²) in [6.07, 6.45) is 0. The zero-order valence-corrected chi connectivity index (χ0v) is 21.2. The molecule has 0 atom stereocenters. The van der Waals surface area contributed by atoms with E-state index in [1.54, 1.807) is 19.2 Å². The highest BCUT2D eigenvalue weighted by molar-refractivity contribution is 5.88. The van der Waals surface area contributed by atoms with Crippen LogP contribution in [0.25, 0.3) is 33.3 Å². The Hall–Kier alpha value is -4.18. The number of furan rings is 1. The number of hydrogen-bond donors (Lipinski definition) is 1. The van der Waals surface area contributed by atoms with Crippen LogP contribution >= 0.6 is 0 Å². The Morgan fingerprint density at radius 2 is 1.79 bits per heavy atom. The van der Waals surface area contributed by atoms with Crippen LogP contribution < -0.4 is 15.0 Å². The summed E-state index contributed by atoms with van der Waals surface area (Å²) < 4.78 is 33.1. The molecular formula is C29H28N2O7. The minimum absolute atomic E-state index is 0.181. The van der Waals surface area contributed by atoms with Crippen molar-refractivity contribution in [2.75, 3.05) is 34.2 Å². The van der Waals surface area contributed by atoms with E-state index < -0.39 is 0 Å². The van der Waals surface area contributed by atoms with Gasteiger partial charge in [0.25, 0.3) is 5.56 Å². The second-order valence-electron chi connectivity index (χ2n) is 8.54. The fourth-order valence-electron chi connectivity index (χ4n) is 4.12. The number of fused-ring (bicyclic) bond motifs is 2. The Morgan fingerprint density at radius 1 is 0.921 bits per heavy atom. The van der Waals surface area contributed by atoms with Crippen molar-refractivity contribution in [2.24, 2.45) is 0 Å². The average Bonchev–Trinajstić information content (AvgIpc) is 3.35. The third-order valence-corrected chi connectivity index (χ3v) is 5.86. The van der Waals surface area contributed by atoms with Crippen LogP contribution in [-0.4, -0.2) is 44.2 Å². The van der Waals surface area contributed by atoms with Crippen LogP contribution in [0.2, 0.25) is 0 Å². The van der Waals surface area contributed by atoms with E-state index in [-0.39, 0.29) is 12.4 Å². The Kier molecular flexibility index (Phi) is 7.98. The second kappa shape index (κ2) is 11.9. The van der Waals surface area contributed by atoms with Crippen molar-refractivity contribution in [3.63, 3.8) is 0 Å². The van der Waals surface area contributed by atoms with E-state index in [2.05, 4.69) is 4.98 Å². The van der Waals surface area contributed by atoms with Crippen LogP contribution in [0.15, 0.2) is 75.9 Å². The third-order valence-electron chi connectivity index (χ3n) is 5.86. The molecule has 0 aliphatic rings. The molecule has 3 aromatic carbocycles. The van der Waals surface area contributed by atoms with E-state index >= 15 is 0 Å². The minimum atomic E-state index is -0.305. The average molecular weight is 517 g/mol. The van der Waals surface area contributed by atoms with E-state index in [0.717, 1.165) is 16.5 Å². The van der Waals surface area contributed by atoms with Gasteiger partial charge in [-0.25, -0.2) is 4.98 Å². The van der Waals surface area contributed by atoms with Gasteiger partial charge in [-0.3, -0.25) is 4.79 Å². The molecule has 196 valence electrons. The molecule has 0 unspecified atom stereocenters. The standard InChI is InChI=1S/C29H28N2O7/c1-33-18-36-17-23-13-21-12-20(8-9-25(21)38-23)28-30-24-14-22(15-26(34-2)27(24)29(32)31-28)37-11-10-35-16-19-6-4-3-5-7-19/h3-9,12-15H,10-11,16-18H2,1-2H3,(H,30,31,32). The van der Waals surface area contributed by atoms with Gasteiger partial charge in [0.2, 0.25) is 0 Å². The lowest BCUT2D eigenvalue weighted by atomic mass is 10.1. The van der Waals surface area contributed by atoms with Gasteiger partial charge in [0, 0.05) is 30.2 Å². The summed E-state index contributed by atoms with van der Waals surface area (Å²) >= 11 is 0. The molecule has 9 heteroatoms. The third kappa shape index (κ3) is 5.86. The number of aromatic amines is 1. The molecule has 9 nitrogen and oxygen atoms in total. The van der Waals surface area contributed by atoms with Crippen molar-refractivity contribution >= 4 is 21.9 Å². The summed E-state index contributed by atoms with van der Waals surface area (Å²) in [6, 6.07) is 20.8. The highest BCUT2D eigenvalue weighted by Gasteiger charge is 2.14. The minimum Gasteiger partial charge on any atom is -0.496 e. The Balaban J connectivity index is 1.35. The van der Waals surface area contributed by atoms with E-state index in [0.29, 0.717) is 66.0 Å². The summed E-state index contributed by atoms with van der Waals surface area (Å²) in [7, 11) is 3.07. The predicted molar refractivity (Wildman–Crippen MR) is 142 cm³/mol. The van der Waals surface area contributed by atoms with Crippen LogP contribution in [0.5, 0.6) is 11.5 Å². The van der Waals surface area contributed by atoms with Gasteiger partial charge in [0.1, 0.15) is 54.1 Å². The molecule has 0 saturated heterocycles. The fraction of sp³-hybridized carbons (Fsp3) is 0.241. The van der Waals surface area contributed by atoms with E-state index in [9.17, 15) is 4.79 Å². The summed E-state index contributed by atoms with van der Waals surface area (Å²) in [5.41, 5.74) is 2.70. The first-order valence-corrected chi connectivity index (χ1v) is 12.1. The van der Waals surface area contributed by atoms with Crippen molar-refractivity contribution in [1.29, 1.82) is 0 Å². The molecule has 0 fully saturated rings. The maximum absolute atomic E-state index is 13.0. The van der Waals surface area contributed by atoms with Crippen LogP contribution in [0.1, 0.15) is 11.3 Å². The SMILES string of the molecule is COCOCc1cc2cc(-c3nc4cc(OCCOCc5ccccc5)cc(OC)c4c(=O)[nH]3)ccc2o1. The molecule has 2 aromatic heterocycles. The number of H-pyrrole nitrogens is 1. The molecule has 5 aromatic rings. The molecule has 0 bridgehead atoms. The number of benzene rings is 3. The van der Waals surface area contributed by atoms with Gasteiger partial charge < -0.3 is 33.1 Å². The quantitative estimate of drug-likeness (QED) is 0.181. The highest BCUT2D eigenvalue weighted by Crippen LogP contribution is 2.30. The maximum Gasteiger partial charge on any atom is 0.262 e. The van der Waals surface area contributed by atoms with Gasteiger partial charge in [-0.2, -0.15) is 0 Å². The van der Waals surface area contributed by atoms with Crippen molar-refractivity contribution in [3.8, 4) is 22.9 Å². The number of rotatable bonds is 12. The number of nitrogens with zero attached hydrogens (tertiary/aromatic N) is 1. The fourth-order valence-corrected chi connectivity index (χ4v) is 4.12. The molecule has 0 aliphatic carbocycles. The zero-order chi connectivity index (χ0) is 26.3. The molecule has 1 N–H and O–H groups in total. The van der Waals surface area contributed by atoms with Gasteiger partial charge >= 0.3 is 0 Å². The smallest absolute Gasteiger partial charge is 0.262 e. The van der Waals surface area contributed by atoms with Gasteiger partial charge in [0.15, 0.2) is 0 Å². The van der Waals surface area contributed by atoms with Gasteiger partial charge in [-0.05, 0) is 29.8 Å². The summed E-state index contributed by atoms with van der Waals surface area (Å²) in [6.45, 7) is 1.73. The predicted octanol–water partition coefficient (Wildman–Crippen LogP) is 5.06. The Morgan fingerprint density at radius 3 is 2.61 bits per heavy atom. The van der Waals surface area contributed by atoms with Gasteiger partial charge in [-0.15, -0.1) is 0 Å². The van der Waals surface area contributed by atoms with Crippen molar-refractivity contribution in [2.45, 2.75) is 13.2 Å². The van der Waals surface area contributed by atoms with Crippen molar-refractivity contribution in [1.82, 2.24) is 9.97 Å². The van der Waals surface area contributed by atoms with E-state index in [4.69, 9.17) is 33.1 Å². The number of nitrogens with one attached hydrogen (secondary N) is 1. The molecule has 0 saturated carbocycles. The first kappa shape index (κ1) is 25.5. The van der Waals surface area contributed by atoms with Gasteiger partial charge in [-0.1, -0.05) is 30.3 Å². The van der Waals surface area contributed by atoms with Gasteiger partial charge in [0.05, 0.1) is 25.8 Å². The lowest BCUT2D eigenvalue weighted by molar-refractivity contribution is -0.0437. The molecule has 5 rings (SSSR count). The lowest BCUT2D eigenvalue weighted by Gasteiger charge is -2.11. The number of methoxy groups -OCH3 is 2. The zero-order valence-electron chi connectivity index (χ0n) is 21.2. The highest BCUT2D eigenvalue weighted by atomic mass is 16.7. The first-order chi connectivity index (χ1) is 18.6. The molecular weight excluding hydrogens is 488 g/mol. The Bertz CT molecular complexity index is 1580. The lowest BCUT2D eigenvalue weighted by Crippen LogP contribution is -2.12. The summed E-state index contributed by atoms with van der Waals surface area (Å²) in [4.78, 5) is 20.6. The maximum atomic E-state index is 13.0. The molecule has 2 heterocycles. The topological polar surface area (TPSA) is 105 Å². The van der Waals surface area contributed by atoms with E-state index in [1.165, 1.54) is 7.11 Å². The molecule has 38 heavy (non-hydrogen) atoms. The monoisotopic (exact) mass is 516 g/mol. The van der Waals surface area contributed by atoms with Crippen LogP contribution in [0, 0.1) is 0 Å². The molecule has 0 radical (unpaired) electrons. The van der Waals surface area contributed by atoms with Crippen LogP contribution in [0.3, 0.4) is 0 Å². The second-order valence-corrected chi connectivity index (χ2v) is 8.54. The summed E-state index contributed by atoms with van der Waals surface area (Å²) in [5.74, 6) is 2.02. The normalized spacial score (nSPS) is 11.3. The van der Waals surface area contributed by atoms with Crippen LogP contribution in [0.4, 0.5) is 0 Å². The largest absolute Gasteiger partial charge is 0.496 e. The summed E-state index contributed by atoms with van der Waals surface area (Å²) in [5, 5.41) is 1.22. The van der Waals surface area contributed by atoms with E-state index in [1.807, 2.05) is 54.6 Å².